The van der Waals surface area contributed by atoms with Gasteiger partial charge in [0.2, 0.25) is 0 Å². The quantitative estimate of drug-likeness (QED) is 0.794. The standard InChI is InChI=1S/C14H18N2/c1-3-16(4-2)14-10-6-7-11-12(14)8-5-9-13(11)15/h5-10H,3-4,15H2,1-2H3. The van der Waals surface area contributed by atoms with Crippen molar-refractivity contribution in [2.24, 2.45) is 0 Å². The van der Waals surface area contributed by atoms with Crippen molar-refractivity contribution in [3.8, 4) is 0 Å². The molecule has 0 aliphatic rings. The van der Waals surface area contributed by atoms with Gasteiger partial charge in [-0.05, 0) is 26.0 Å². The van der Waals surface area contributed by atoms with Gasteiger partial charge >= 0.3 is 0 Å². The maximum absolute atomic E-state index is 5.99. The second kappa shape index (κ2) is 4.44. The Morgan fingerprint density at radius 2 is 1.56 bits per heavy atom. The van der Waals surface area contributed by atoms with Crippen LogP contribution in [-0.4, -0.2) is 13.1 Å². The molecule has 0 fully saturated rings. The van der Waals surface area contributed by atoms with Gasteiger partial charge in [0.15, 0.2) is 0 Å². The molecule has 0 saturated carbocycles. The van der Waals surface area contributed by atoms with E-state index in [1.165, 1.54) is 11.1 Å². The Morgan fingerprint density at radius 3 is 2.25 bits per heavy atom. The van der Waals surface area contributed by atoms with E-state index in [1.807, 2.05) is 12.1 Å². The van der Waals surface area contributed by atoms with Gasteiger partial charge < -0.3 is 10.6 Å². The van der Waals surface area contributed by atoms with E-state index in [0.717, 1.165) is 24.2 Å². The summed E-state index contributed by atoms with van der Waals surface area (Å²) < 4.78 is 0. The monoisotopic (exact) mass is 214 g/mol. The van der Waals surface area contributed by atoms with Crippen LogP contribution in [0, 0.1) is 0 Å². The summed E-state index contributed by atoms with van der Waals surface area (Å²) in [4.78, 5) is 2.35. The Morgan fingerprint density at radius 1 is 0.938 bits per heavy atom. The predicted molar refractivity (Wildman–Crippen MR) is 71.9 cm³/mol. The summed E-state index contributed by atoms with van der Waals surface area (Å²) in [7, 11) is 0. The molecule has 0 spiro atoms. The summed E-state index contributed by atoms with van der Waals surface area (Å²) in [6.45, 7) is 6.39. The molecule has 84 valence electrons. The number of nitrogens with two attached hydrogens (primary N) is 1. The molecule has 0 atom stereocenters. The van der Waals surface area contributed by atoms with Crippen molar-refractivity contribution >= 4 is 22.1 Å². The van der Waals surface area contributed by atoms with Crippen LogP contribution in [0.15, 0.2) is 36.4 Å². The molecule has 2 aromatic carbocycles. The van der Waals surface area contributed by atoms with Gasteiger partial charge in [-0.15, -0.1) is 0 Å². The van der Waals surface area contributed by atoms with Crippen LogP contribution in [0.25, 0.3) is 10.8 Å². The van der Waals surface area contributed by atoms with E-state index in [-0.39, 0.29) is 0 Å². The molecule has 0 aromatic heterocycles. The molecule has 2 rings (SSSR count). The summed E-state index contributed by atoms with van der Waals surface area (Å²) in [5.74, 6) is 0. The molecule has 0 amide bonds. The molecule has 16 heavy (non-hydrogen) atoms. The molecule has 0 aliphatic carbocycles. The smallest absolute Gasteiger partial charge is 0.0446 e. The maximum atomic E-state index is 5.99. The number of hydrogen-bond donors (Lipinski definition) is 1. The first kappa shape index (κ1) is 10.8. The molecule has 0 radical (unpaired) electrons. The fraction of sp³-hybridized carbons (Fsp3) is 0.286. The molecule has 2 aromatic rings. The summed E-state index contributed by atoms with van der Waals surface area (Å²) in [5, 5.41) is 2.39. The second-order valence-corrected chi connectivity index (χ2v) is 3.89. The third-order valence-corrected chi connectivity index (χ3v) is 3.04. The molecule has 0 unspecified atom stereocenters. The van der Waals surface area contributed by atoms with Gasteiger partial charge in [0.05, 0.1) is 0 Å². The Labute approximate surface area is 96.7 Å². The maximum Gasteiger partial charge on any atom is 0.0446 e. The van der Waals surface area contributed by atoms with E-state index < -0.39 is 0 Å². The molecule has 0 aliphatic heterocycles. The Kier molecular flexibility index (Phi) is 3.00. The van der Waals surface area contributed by atoms with Gasteiger partial charge in [-0.25, -0.2) is 0 Å². The van der Waals surface area contributed by atoms with Crippen molar-refractivity contribution in [2.45, 2.75) is 13.8 Å². The van der Waals surface area contributed by atoms with Crippen LogP contribution in [0.3, 0.4) is 0 Å². The van der Waals surface area contributed by atoms with Crippen LogP contribution in [0.4, 0.5) is 11.4 Å². The third kappa shape index (κ3) is 1.71. The number of fused-ring (bicyclic) bond motifs is 1. The summed E-state index contributed by atoms with van der Waals surface area (Å²) >= 11 is 0. The molecular weight excluding hydrogens is 196 g/mol. The van der Waals surface area contributed by atoms with Gasteiger partial charge in [0, 0.05) is 35.2 Å². The lowest BCUT2D eigenvalue weighted by Crippen LogP contribution is -2.21. The number of anilines is 2. The minimum absolute atomic E-state index is 0.853. The van der Waals surface area contributed by atoms with E-state index >= 15 is 0 Å². The number of benzene rings is 2. The lowest BCUT2D eigenvalue weighted by atomic mass is 10.1. The van der Waals surface area contributed by atoms with Gasteiger partial charge in [-0.2, -0.15) is 0 Å². The third-order valence-electron chi connectivity index (χ3n) is 3.04. The van der Waals surface area contributed by atoms with Crippen molar-refractivity contribution in [1.82, 2.24) is 0 Å². The van der Waals surface area contributed by atoms with E-state index in [9.17, 15) is 0 Å². The summed E-state index contributed by atoms with van der Waals surface area (Å²) in [5.41, 5.74) is 8.12. The molecular formula is C14H18N2. The van der Waals surface area contributed by atoms with Gasteiger partial charge in [0.1, 0.15) is 0 Å². The lowest BCUT2D eigenvalue weighted by Gasteiger charge is -2.23. The van der Waals surface area contributed by atoms with Crippen LogP contribution in [-0.2, 0) is 0 Å². The van der Waals surface area contributed by atoms with Crippen LogP contribution in [0.2, 0.25) is 0 Å². The van der Waals surface area contributed by atoms with Crippen LogP contribution in [0.1, 0.15) is 13.8 Å². The van der Waals surface area contributed by atoms with Gasteiger partial charge in [-0.1, -0.05) is 24.3 Å². The van der Waals surface area contributed by atoms with E-state index in [0.29, 0.717) is 0 Å². The Balaban J connectivity index is 2.66. The zero-order valence-electron chi connectivity index (χ0n) is 9.90. The van der Waals surface area contributed by atoms with Crippen molar-refractivity contribution in [3.63, 3.8) is 0 Å². The number of hydrogen-bond acceptors (Lipinski definition) is 2. The molecule has 2 N–H and O–H groups in total. The fourth-order valence-electron chi connectivity index (χ4n) is 2.16. The SMILES string of the molecule is CCN(CC)c1cccc2c(N)cccc12. The van der Waals surface area contributed by atoms with Crippen LogP contribution in [0.5, 0.6) is 0 Å². The molecule has 0 bridgehead atoms. The van der Waals surface area contributed by atoms with E-state index in [2.05, 4.69) is 43.0 Å². The average molecular weight is 214 g/mol. The van der Waals surface area contributed by atoms with Crippen molar-refractivity contribution in [1.29, 1.82) is 0 Å². The van der Waals surface area contributed by atoms with Crippen molar-refractivity contribution < 1.29 is 0 Å². The topological polar surface area (TPSA) is 29.3 Å². The minimum Gasteiger partial charge on any atom is -0.398 e. The Bertz CT molecular complexity index is 487. The van der Waals surface area contributed by atoms with E-state index in [1.54, 1.807) is 0 Å². The minimum atomic E-state index is 0.853. The van der Waals surface area contributed by atoms with Crippen molar-refractivity contribution in [3.05, 3.63) is 36.4 Å². The second-order valence-electron chi connectivity index (χ2n) is 3.89. The van der Waals surface area contributed by atoms with E-state index in [4.69, 9.17) is 5.73 Å². The molecule has 0 heterocycles. The van der Waals surface area contributed by atoms with Crippen LogP contribution >= 0.6 is 0 Å². The molecule has 2 nitrogen and oxygen atoms in total. The summed E-state index contributed by atoms with van der Waals surface area (Å²) in [6.07, 6.45) is 0. The zero-order valence-corrected chi connectivity index (χ0v) is 9.90. The lowest BCUT2D eigenvalue weighted by molar-refractivity contribution is 0.870. The van der Waals surface area contributed by atoms with Gasteiger partial charge in [-0.3, -0.25) is 0 Å². The number of rotatable bonds is 3. The predicted octanol–water partition coefficient (Wildman–Crippen LogP) is 3.27. The number of nitrogen functional groups attached to an aromatic ring is 1. The zero-order chi connectivity index (χ0) is 11.5. The first-order chi connectivity index (χ1) is 7.77. The highest BCUT2D eigenvalue weighted by Crippen LogP contribution is 2.29. The number of nitrogens with zero attached hydrogens (tertiary/aromatic N) is 1. The first-order valence-corrected chi connectivity index (χ1v) is 5.80. The summed E-state index contributed by atoms with van der Waals surface area (Å²) in [6, 6.07) is 12.4. The fourth-order valence-corrected chi connectivity index (χ4v) is 2.16. The molecule has 2 heteroatoms. The van der Waals surface area contributed by atoms with Crippen molar-refractivity contribution in [2.75, 3.05) is 23.7 Å². The average Bonchev–Trinajstić information content (AvgIpc) is 2.32. The van der Waals surface area contributed by atoms with Gasteiger partial charge in [0.25, 0.3) is 0 Å². The van der Waals surface area contributed by atoms with Crippen LogP contribution < -0.4 is 10.6 Å². The largest absolute Gasteiger partial charge is 0.398 e. The normalized spacial score (nSPS) is 10.6. The molecule has 0 saturated heterocycles. The Hall–Kier alpha value is -1.70. The highest BCUT2D eigenvalue weighted by molar-refractivity contribution is 6.00. The first-order valence-electron chi connectivity index (χ1n) is 5.80. The highest BCUT2D eigenvalue weighted by atomic mass is 15.1. The highest BCUT2D eigenvalue weighted by Gasteiger charge is 2.07.